The number of nitro benzene ring substituents is 1. The van der Waals surface area contributed by atoms with E-state index in [0.29, 0.717) is 16.8 Å². The van der Waals surface area contributed by atoms with Gasteiger partial charge in [0.2, 0.25) is 0 Å². The van der Waals surface area contributed by atoms with E-state index in [4.69, 9.17) is 14.6 Å². The van der Waals surface area contributed by atoms with Crippen LogP contribution in [0.25, 0.3) is 0 Å². The predicted molar refractivity (Wildman–Crippen MR) is 132 cm³/mol. The molecule has 1 aromatic heterocycles. The minimum absolute atomic E-state index is 0.00707. The summed E-state index contributed by atoms with van der Waals surface area (Å²) in [5.41, 5.74) is 3.15. The highest BCUT2D eigenvalue weighted by Crippen LogP contribution is 2.49. The summed E-state index contributed by atoms with van der Waals surface area (Å²) in [6.07, 6.45) is 4.00. The molecule has 1 saturated carbocycles. The second-order valence-corrected chi connectivity index (χ2v) is 9.76. The fourth-order valence-corrected chi connectivity index (χ4v) is 5.36. The minimum atomic E-state index is -0.661. The maximum absolute atomic E-state index is 13.5. The number of aryl methyl sites for hydroxylation is 1. The van der Waals surface area contributed by atoms with Crippen LogP contribution in [0, 0.1) is 10.1 Å². The average Bonchev–Trinajstić information content (AvgIpc) is 3.44. The highest BCUT2D eigenvalue weighted by Gasteiger charge is 2.42. The van der Waals surface area contributed by atoms with Gasteiger partial charge < -0.3 is 14.8 Å². The number of carbonyl (C=O) groups is 1. The number of anilines is 1. The van der Waals surface area contributed by atoms with Gasteiger partial charge in [0.15, 0.2) is 0 Å². The summed E-state index contributed by atoms with van der Waals surface area (Å²) in [7, 11) is 1.86. The third-order valence-corrected chi connectivity index (χ3v) is 6.76. The van der Waals surface area contributed by atoms with E-state index in [1.54, 1.807) is 29.8 Å². The summed E-state index contributed by atoms with van der Waals surface area (Å²) >= 11 is 0. The zero-order valence-corrected chi connectivity index (χ0v) is 21.0. The number of esters is 1. The highest BCUT2D eigenvalue weighted by molar-refractivity contribution is 5.95. The van der Waals surface area contributed by atoms with Crippen molar-refractivity contribution in [1.29, 1.82) is 0 Å². The molecular formula is C26H34N4O5. The van der Waals surface area contributed by atoms with E-state index in [2.05, 4.69) is 5.32 Å². The molecule has 9 nitrogen and oxygen atoms in total. The molecule has 2 unspecified atom stereocenters. The molecule has 2 atom stereocenters. The summed E-state index contributed by atoms with van der Waals surface area (Å²) in [6, 6.07) is 6.63. The predicted octanol–water partition coefficient (Wildman–Crippen LogP) is 5.17. The van der Waals surface area contributed by atoms with E-state index >= 15 is 0 Å². The Labute approximate surface area is 205 Å². The average molecular weight is 483 g/mol. The number of benzene rings is 1. The van der Waals surface area contributed by atoms with Crippen LogP contribution in [0.4, 0.5) is 11.5 Å². The van der Waals surface area contributed by atoms with Crippen LogP contribution in [-0.4, -0.2) is 39.5 Å². The summed E-state index contributed by atoms with van der Waals surface area (Å²) < 4.78 is 13.2. The molecule has 2 aromatic rings. The van der Waals surface area contributed by atoms with Crippen LogP contribution in [0.5, 0.6) is 0 Å². The van der Waals surface area contributed by atoms with E-state index in [1.807, 2.05) is 27.8 Å². The fraction of sp³-hybridized carbons (Fsp3) is 0.538. The van der Waals surface area contributed by atoms with Crippen LogP contribution in [-0.2, 0) is 21.3 Å². The van der Waals surface area contributed by atoms with Gasteiger partial charge in [-0.05, 0) is 40.5 Å². The van der Waals surface area contributed by atoms with Gasteiger partial charge in [-0.1, -0.05) is 31.0 Å². The molecule has 1 aromatic carbocycles. The number of hydrogen-bond acceptors (Lipinski definition) is 7. The van der Waals surface area contributed by atoms with Gasteiger partial charge in [0.25, 0.3) is 5.69 Å². The first kappa shape index (κ1) is 24.9. The molecule has 188 valence electrons. The van der Waals surface area contributed by atoms with Crippen molar-refractivity contribution >= 4 is 17.5 Å². The van der Waals surface area contributed by atoms with Gasteiger partial charge in [0.05, 0.1) is 34.3 Å². The smallest absolute Gasteiger partial charge is 0.336 e. The molecule has 2 aliphatic rings. The largest absolute Gasteiger partial charge is 0.460 e. The number of hydrogen-bond donors (Lipinski definition) is 1. The van der Waals surface area contributed by atoms with Crippen LogP contribution in [0.2, 0.25) is 0 Å². The van der Waals surface area contributed by atoms with Crippen LogP contribution in [0.15, 0.2) is 35.5 Å². The third-order valence-electron chi connectivity index (χ3n) is 6.76. The molecule has 0 radical (unpaired) electrons. The fourth-order valence-electron chi connectivity index (χ4n) is 5.36. The van der Waals surface area contributed by atoms with Crippen LogP contribution >= 0.6 is 0 Å². The molecule has 0 amide bonds. The van der Waals surface area contributed by atoms with Gasteiger partial charge in [-0.25, -0.2) is 4.79 Å². The van der Waals surface area contributed by atoms with Crippen molar-refractivity contribution in [2.24, 2.45) is 7.05 Å². The number of ether oxygens (including phenoxy) is 2. The topological polar surface area (TPSA) is 109 Å². The summed E-state index contributed by atoms with van der Waals surface area (Å²) in [5, 5.41) is 20.2. The lowest BCUT2D eigenvalue weighted by molar-refractivity contribution is -0.385. The third kappa shape index (κ3) is 4.96. The molecule has 0 saturated heterocycles. The van der Waals surface area contributed by atoms with Gasteiger partial charge in [0.1, 0.15) is 12.4 Å². The van der Waals surface area contributed by atoms with E-state index in [1.165, 1.54) is 6.07 Å². The Hall–Kier alpha value is -3.20. The van der Waals surface area contributed by atoms with Crippen LogP contribution in [0.1, 0.15) is 82.0 Å². The Kier molecular flexibility index (Phi) is 7.25. The number of fused-ring (bicyclic) bond motifs is 1. The van der Waals surface area contributed by atoms with Crippen molar-refractivity contribution in [1.82, 2.24) is 9.78 Å². The number of carbonyl (C=O) groups excluding carboxylic acids is 1. The number of nitro groups is 1. The number of allylic oxidation sites excluding steroid dienone is 1. The van der Waals surface area contributed by atoms with Crippen molar-refractivity contribution < 1.29 is 19.2 Å². The van der Waals surface area contributed by atoms with Crippen LogP contribution in [0.3, 0.4) is 0 Å². The number of rotatable bonds is 8. The number of aromatic nitrogens is 2. The molecule has 0 spiro atoms. The Balaban J connectivity index is 1.82. The molecule has 35 heavy (non-hydrogen) atoms. The first-order valence-corrected chi connectivity index (χ1v) is 12.3. The summed E-state index contributed by atoms with van der Waals surface area (Å²) in [6.45, 7) is 7.60. The molecule has 0 bridgehead atoms. The monoisotopic (exact) mass is 482 g/mol. The molecule has 1 fully saturated rings. The highest BCUT2D eigenvalue weighted by atomic mass is 16.6. The Morgan fingerprint density at radius 3 is 2.60 bits per heavy atom. The van der Waals surface area contributed by atoms with E-state index in [0.717, 1.165) is 42.8 Å². The number of nitrogens with zero attached hydrogens (tertiary/aromatic N) is 3. The van der Waals surface area contributed by atoms with Crippen molar-refractivity contribution in [2.75, 3.05) is 11.9 Å². The molecule has 1 aliphatic heterocycles. The lowest BCUT2D eigenvalue weighted by Crippen LogP contribution is -2.28. The zero-order chi connectivity index (χ0) is 25.3. The maximum atomic E-state index is 13.5. The first-order chi connectivity index (χ1) is 16.7. The van der Waals surface area contributed by atoms with Gasteiger partial charge in [-0.2, -0.15) is 5.10 Å². The SMILES string of the molecule is CC1=C(C(=O)OCC(C)OC(C)C)C(c2ccccc2[N+](=O)[O-])c2c(C3CCCC3)nn(C)c2N1. The molecule has 9 heteroatoms. The van der Waals surface area contributed by atoms with Crippen LogP contribution < -0.4 is 5.32 Å². The minimum Gasteiger partial charge on any atom is -0.460 e. The number of nitrogens with one attached hydrogen (secondary N) is 1. The molecule has 1 N–H and O–H groups in total. The Morgan fingerprint density at radius 2 is 1.94 bits per heavy atom. The standard InChI is InChI=1S/C26H34N4O5/c1-15(2)35-16(3)14-34-26(31)21-17(4)27-25-23(24(28-29(25)5)18-10-6-7-11-18)22(21)19-12-8-9-13-20(19)30(32)33/h8-9,12-13,15-16,18,22,27H,6-7,10-11,14H2,1-5H3. The van der Waals surface area contributed by atoms with Gasteiger partial charge in [0, 0.05) is 35.9 Å². The lowest BCUT2D eigenvalue weighted by Gasteiger charge is -2.29. The van der Waals surface area contributed by atoms with Gasteiger partial charge in [-0.3, -0.25) is 14.8 Å². The Bertz CT molecular complexity index is 1150. The first-order valence-electron chi connectivity index (χ1n) is 12.3. The lowest BCUT2D eigenvalue weighted by atomic mass is 9.79. The zero-order valence-electron chi connectivity index (χ0n) is 21.0. The molecule has 2 heterocycles. The summed E-state index contributed by atoms with van der Waals surface area (Å²) in [5.74, 6) is -0.150. The number of para-hydroxylation sites is 1. The van der Waals surface area contributed by atoms with Crippen molar-refractivity contribution in [2.45, 2.75) is 77.4 Å². The maximum Gasteiger partial charge on any atom is 0.336 e. The quantitative estimate of drug-likeness (QED) is 0.314. The van der Waals surface area contributed by atoms with Crippen molar-refractivity contribution in [3.63, 3.8) is 0 Å². The molecule has 4 rings (SSSR count). The normalized spacial score (nSPS) is 19.0. The molecule has 1 aliphatic carbocycles. The van der Waals surface area contributed by atoms with Gasteiger partial charge in [-0.15, -0.1) is 0 Å². The van der Waals surface area contributed by atoms with E-state index in [-0.39, 0.29) is 35.3 Å². The van der Waals surface area contributed by atoms with E-state index < -0.39 is 11.9 Å². The molecular weight excluding hydrogens is 448 g/mol. The van der Waals surface area contributed by atoms with E-state index in [9.17, 15) is 14.9 Å². The van der Waals surface area contributed by atoms with Crippen molar-refractivity contribution in [3.05, 3.63) is 62.5 Å². The van der Waals surface area contributed by atoms with Gasteiger partial charge >= 0.3 is 5.97 Å². The second kappa shape index (κ2) is 10.2. The summed E-state index contributed by atoms with van der Waals surface area (Å²) in [4.78, 5) is 25.2. The van der Waals surface area contributed by atoms with Crippen molar-refractivity contribution in [3.8, 4) is 0 Å². The Morgan fingerprint density at radius 1 is 1.26 bits per heavy atom. The second-order valence-electron chi connectivity index (χ2n) is 9.76.